The van der Waals surface area contributed by atoms with E-state index in [4.69, 9.17) is 46.4 Å². The Morgan fingerprint density at radius 1 is 1.38 bits per heavy atom. The molecule has 2 rings (SSSR count). The maximum absolute atomic E-state index is 11.9. The molecule has 1 heterocycles. The highest BCUT2D eigenvalue weighted by molar-refractivity contribution is 6.70. The highest BCUT2D eigenvalue weighted by atomic mass is 35.6. The summed E-state index contributed by atoms with van der Waals surface area (Å²) < 4.78 is -1.71. The number of carbonyl (C=O) groups is 2. The topological polar surface area (TPSA) is 70.6 Å². The number of anilines is 1. The van der Waals surface area contributed by atoms with Gasteiger partial charge in [-0.3, -0.25) is 9.59 Å². The average Bonchev–Trinajstić information content (AvgIpc) is 2.47. The van der Waals surface area contributed by atoms with Gasteiger partial charge in [0.15, 0.2) is 0 Å². The summed E-state index contributed by atoms with van der Waals surface area (Å²) in [5, 5.41) is 5.84. The number of rotatable bonds is 4. The second kappa shape index (κ2) is 7.91. The first kappa shape index (κ1) is 19.3. The predicted molar refractivity (Wildman–Crippen MR) is 98.1 cm³/mol. The van der Waals surface area contributed by atoms with Crippen LogP contribution in [0.3, 0.4) is 0 Å². The number of nitrogens with zero attached hydrogens (tertiary/aromatic N) is 1. The Labute approximate surface area is 159 Å². The van der Waals surface area contributed by atoms with Gasteiger partial charge in [0, 0.05) is 24.4 Å². The lowest BCUT2D eigenvalue weighted by Crippen LogP contribution is -2.31. The molecule has 1 aliphatic heterocycles. The zero-order valence-corrected chi connectivity index (χ0v) is 15.7. The third-order valence-electron chi connectivity index (χ3n) is 3.44. The fraction of sp³-hybridized carbons (Fsp3) is 0.400. The molecule has 2 amide bonds. The summed E-state index contributed by atoms with van der Waals surface area (Å²) in [6.07, 6.45) is 0.265. The zero-order valence-electron chi connectivity index (χ0n) is 12.7. The molecule has 0 bridgehead atoms. The van der Waals surface area contributed by atoms with E-state index in [9.17, 15) is 9.59 Å². The van der Waals surface area contributed by atoms with Crippen molar-refractivity contribution in [2.45, 2.75) is 28.9 Å². The summed E-state index contributed by atoms with van der Waals surface area (Å²) in [6.45, 7) is 1.94. The van der Waals surface area contributed by atoms with Gasteiger partial charge >= 0.3 is 0 Å². The summed E-state index contributed by atoms with van der Waals surface area (Å²) in [4.78, 5) is 23.2. The standard InChI is InChI=1S/C15H15Cl4N3O2/c1-8-6-13(24)21-22-14(8)9-2-4-10(5-3-9)20-12(23)7-11(16)15(17,18)19/h2-5,8,11H,6-7H2,1H3,(H,20,23)(H,21,24). The number of alkyl halides is 4. The van der Waals surface area contributed by atoms with E-state index in [0.29, 0.717) is 12.1 Å². The minimum Gasteiger partial charge on any atom is -0.326 e. The van der Waals surface area contributed by atoms with Gasteiger partial charge in [-0.2, -0.15) is 5.10 Å². The molecule has 0 aliphatic carbocycles. The molecule has 2 atom stereocenters. The molecular formula is C15H15Cl4N3O2. The fourth-order valence-electron chi connectivity index (χ4n) is 2.22. The van der Waals surface area contributed by atoms with Gasteiger partial charge in [0.05, 0.1) is 11.1 Å². The van der Waals surface area contributed by atoms with E-state index in [1.165, 1.54) is 0 Å². The van der Waals surface area contributed by atoms with Gasteiger partial charge in [-0.1, -0.05) is 53.9 Å². The normalized spacial score (nSPS) is 19.3. The Hall–Kier alpha value is -1.01. The van der Waals surface area contributed by atoms with Gasteiger partial charge in [-0.15, -0.1) is 11.6 Å². The largest absolute Gasteiger partial charge is 0.326 e. The highest BCUT2D eigenvalue weighted by Gasteiger charge is 2.32. The number of benzene rings is 1. The lowest BCUT2D eigenvalue weighted by atomic mass is 9.94. The third kappa shape index (κ3) is 5.24. The molecule has 1 aromatic carbocycles. The van der Waals surface area contributed by atoms with Crippen molar-refractivity contribution >= 4 is 69.6 Å². The Balaban J connectivity index is 2.00. The van der Waals surface area contributed by atoms with Crippen molar-refractivity contribution in [3.05, 3.63) is 29.8 Å². The number of carbonyl (C=O) groups excluding carboxylic acids is 2. The first-order valence-electron chi connectivity index (χ1n) is 7.14. The Morgan fingerprint density at radius 2 is 2.00 bits per heavy atom. The Morgan fingerprint density at radius 3 is 2.54 bits per heavy atom. The van der Waals surface area contributed by atoms with Gasteiger partial charge in [-0.05, 0) is 17.7 Å². The number of nitrogens with one attached hydrogen (secondary N) is 2. The van der Waals surface area contributed by atoms with Gasteiger partial charge in [0.1, 0.15) is 0 Å². The molecule has 24 heavy (non-hydrogen) atoms. The molecule has 1 aromatic rings. The van der Waals surface area contributed by atoms with E-state index in [2.05, 4.69) is 15.8 Å². The van der Waals surface area contributed by atoms with Crippen molar-refractivity contribution in [3.63, 3.8) is 0 Å². The van der Waals surface area contributed by atoms with Crippen molar-refractivity contribution in [2.75, 3.05) is 5.32 Å². The predicted octanol–water partition coefficient (Wildman–Crippen LogP) is 3.85. The van der Waals surface area contributed by atoms with Crippen molar-refractivity contribution in [3.8, 4) is 0 Å². The summed E-state index contributed by atoms with van der Waals surface area (Å²) in [6, 6.07) is 7.10. The van der Waals surface area contributed by atoms with E-state index >= 15 is 0 Å². The summed E-state index contributed by atoms with van der Waals surface area (Å²) in [5.41, 5.74) is 4.73. The van der Waals surface area contributed by atoms with E-state index in [-0.39, 0.29) is 24.2 Å². The summed E-state index contributed by atoms with van der Waals surface area (Å²) in [5.74, 6) is -0.426. The third-order valence-corrected chi connectivity index (χ3v) is 5.05. The number of halogens is 4. The van der Waals surface area contributed by atoms with Crippen LogP contribution in [0.15, 0.2) is 29.4 Å². The smallest absolute Gasteiger partial charge is 0.240 e. The SMILES string of the molecule is CC1CC(=O)NN=C1c1ccc(NC(=O)CC(Cl)C(Cl)(Cl)Cl)cc1. The first-order valence-corrected chi connectivity index (χ1v) is 8.71. The lowest BCUT2D eigenvalue weighted by Gasteiger charge is -2.19. The second-order valence-electron chi connectivity index (χ2n) is 5.48. The van der Waals surface area contributed by atoms with Crippen LogP contribution in [-0.4, -0.2) is 26.7 Å². The lowest BCUT2D eigenvalue weighted by molar-refractivity contribution is -0.122. The molecule has 9 heteroatoms. The van der Waals surface area contributed by atoms with Crippen molar-refractivity contribution < 1.29 is 9.59 Å². The van der Waals surface area contributed by atoms with E-state index < -0.39 is 9.17 Å². The molecule has 0 saturated carbocycles. The molecule has 1 aliphatic rings. The molecule has 0 fully saturated rings. The number of amides is 2. The van der Waals surface area contributed by atoms with Crippen LogP contribution in [0.5, 0.6) is 0 Å². The monoisotopic (exact) mass is 409 g/mol. The highest BCUT2D eigenvalue weighted by Crippen LogP contribution is 2.35. The van der Waals surface area contributed by atoms with Gasteiger partial charge in [-0.25, -0.2) is 5.43 Å². The first-order chi connectivity index (χ1) is 11.2. The van der Waals surface area contributed by atoms with Crippen LogP contribution in [0, 0.1) is 5.92 Å². The van der Waals surface area contributed by atoms with E-state index in [1.807, 2.05) is 19.1 Å². The van der Waals surface area contributed by atoms with Crippen LogP contribution in [0.4, 0.5) is 5.69 Å². The number of hydrogen-bond acceptors (Lipinski definition) is 3. The quantitative estimate of drug-likeness (QED) is 0.740. The fourth-order valence-corrected chi connectivity index (χ4v) is 2.59. The van der Waals surface area contributed by atoms with E-state index in [0.717, 1.165) is 11.3 Å². The molecule has 2 unspecified atom stereocenters. The maximum atomic E-state index is 11.9. The molecule has 0 saturated heterocycles. The van der Waals surface area contributed by atoms with Crippen LogP contribution in [0.25, 0.3) is 0 Å². The molecule has 0 spiro atoms. The molecule has 5 nitrogen and oxygen atoms in total. The van der Waals surface area contributed by atoms with Crippen LogP contribution >= 0.6 is 46.4 Å². The molecule has 0 aromatic heterocycles. The van der Waals surface area contributed by atoms with Crippen LogP contribution in [0.1, 0.15) is 25.3 Å². The van der Waals surface area contributed by atoms with Crippen LogP contribution in [-0.2, 0) is 9.59 Å². The molecule has 2 N–H and O–H groups in total. The average molecular weight is 411 g/mol. The zero-order chi connectivity index (χ0) is 17.9. The van der Waals surface area contributed by atoms with Crippen molar-refractivity contribution in [1.82, 2.24) is 5.43 Å². The molecular weight excluding hydrogens is 396 g/mol. The van der Waals surface area contributed by atoms with Gasteiger partial charge in [0.25, 0.3) is 0 Å². The van der Waals surface area contributed by atoms with Gasteiger partial charge < -0.3 is 5.32 Å². The van der Waals surface area contributed by atoms with Crippen LogP contribution in [0.2, 0.25) is 0 Å². The van der Waals surface area contributed by atoms with Crippen molar-refractivity contribution in [2.24, 2.45) is 11.0 Å². The van der Waals surface area contributed by atoms with E-state index in [1.54, 1.807) is 12.1 Å². The van der Waals surface area contributed by atoms with Crippen molar-refractivity contribution in [1.29, 1.82) is 0 Å². The summed E-state index contributed by atoms with van der Waals surface area (Å²) >= 11 is 22.8. The second-order valence-corrected chi connectivity index (χ2v) is 8.37. The minimum atomic E-state index is -1.71. The molecule has 0 radical (unpaired) electrons. The summed E-state index contributed by atoms with van der Waals surface area (Å²) in [7, 11) is 0. The number of hydrogen-bond donors (Lipinski definition) is 2. The number of hydrazone groups is 1. The van der Waals surface area contributed by atoms with Gasteiger partial charge in [0.2, 0.25) is 15.6 Å². The Kier molecular flexibility index (Phi) is 6.37. The van der Waals surface area contributed by atoms with Crippen LogP contribution < -0.4 is 10.7 Å². The minimum absolute atomic E-state index is 0.0282. The maximum Gasteiger partial charge on any atom is 0.240 e. The Bertz CT molecular complexity index is 656. The molecule has 130 valence electrons.